The van der Waals surface area contributed by atoms with E-state index >= 15 is 0 Å². The van der Waals surface area contributed by atoms with Gasteiger partial charge in [0, 0.05) is 0 Å². The van der Waals surface area contributed by atoms with Gasteiger partial charge in [0.25, 0.3) is 0 Å². The van der Waals surface area contributed by atoms with Crippen molar-refractivity contribution < 1.29 is 0 Å². The van der Waals surface area contributed by atoms with Crippen LogP contribution in [0, 0.1) is 29.6 Å². The molecule has 3 fully saturated rings. The van der Waals surface area contributed by atoms with E-state index in [9.17, 15) is 0 Å². The fourth-order valence-corrected chi connectivity index (χ4v) is 4.26. The summed E-state index contributed by atoms with van der Waals surface area (Å²) in [6.07, 6.45) is 7.84. The van der Waals surface area contributed by atoms with Gasteiger partial charge in [-0.2, -0.15) is 0 Å². The van der Waals surface area contributed by atoms with Crippen molar-refractivity contribution in [2.24, 2.45) is 29.6 Å². The Morgan fingerprint density at radius 2 is 1.27 bits per heavy atom. The standard InChI is InChI=1S/C11H18/c1-7-8-3-2-4-10(8)11-6-5-9(7)11/h7-11H,2-6H2,1H3. The lowest BCUT2D eigenvalue weighted by Crippen LogP contribution is -2.27. The molecular weight excluding hydrogens is 132 g/mol. The Balaban J connectivity index is 1.89. The first-order valence-corrected chi connectivity index (χ1v) is 5.38. The Labute approximate surface area is 69.4 Å². The predicted molar refractivity (Wildman–Crippen MR) is 46.2 cm³/mol. The van der Waals surface area contributed by atoms with Crippen LogP contribution in [0.25, 0.3) is 0 Å². The highest BCUT2D eigenvalue weighted by atomic mass is 14.6. The zero-order chi connectivity index (χ0) is 7.42. The van der Waals surface area contributed by atoms with Crippen LogP contribution in [-0.2, 0) is 0 Å². The summed E-state index contributed by atoms with van der Waals surface area (Å²) >= 11 is 0. The van der Waals surface area contributed by atoms with Gasteiger partial charge in [0.2, 0.25) is 0 Å². The normalized spacial score (nSPS) is 60.3. The molecule has 3 aliphatic carbocycles. The van der Waals surface area contributed by atoms with Gasteiger partial charge in [0.1, 0.15) is 0 Å². The zero-order valence-corrected chi connectivity index (χ0v) is 7.42. The second-order valence-corrected chi connectivity index (χ2v) is 5.02. The topological polar surface area (TPSA) is 0 Å². The van der Waals surface area contributed by atoms with Crippen molar-refractivity contribution in [1.29, 1.82) is 0 Å². The van der Waals surface area contributed by atoms with Crippen molar-refractivity contribution in [2.75, 3.05) is 0 Å². The van der Waals surface area contributed by atoms with E-state index in [1.165, 1.54) is 17.8 Å². The number of fused-ring (bicyclic) bond motifs is 3. The van der Waals surface area contributed by atoms with Gasteiger partial charge in [-0.25, -0.2) is 0 Å². The number of hydrogen-bond acceptors (Lipinski definition) is 0. The van der Waals surface area contributed by atoms with Gasteiger partial charge < -0.3 is 0 Å². The molecule has 0 bridgehead atoms. The molecule has 3 rings (SSSR count). The number of rotatable bonds is 0. The second kappa shape index (κ2) is 2.02. The molecule has 0 aliphatic heterocycles. The Morgan fingerprint density at radius 3 is 2.00 bits per heavy atom. The smallest absolute Gasteiger partial charge is 0.0352 e. The van der Waals surface area contributed by atoms with Crippen LogP contribution in [0.5, 0.6) is 0 Å². The third kappa shape index (κ3) is 0.666. The minimum atomic E-state index is 1.10. The average Bonchev–Trinajstić information content (AvgIpc) is 2.38. The van der Waals surface area contributed by atoms with E-state index in [1.807, 2.05) is 0 Å². The predicted octanol–water partition coefficient (Wildman–Crippen LogP) is 3.08. The lowest BCUT2D eigenvalue weighted by Gasteiger charge is -2.35. The molecule has 0 amide bonds. The summed E-state index contributed by atoms with van der Waals surface area (Å²) in [4.78, 5) is 0. The third-order valence-corrected chi connectivity index (χ3v) is 4.91. The summed E-state index contributed by atoms with van der Waals surface area (Å²) in [5, 5.41) is 0. The van der Waals surface area contributed by atoms with Gasteiger partial charge >= 0.3 is 0 Å². The van der Waals surface area contributed by atoms with Crippen LogP contribution in [0.2, 0.25) is 0 Å². The van der Waals surface area contributed by atoms with E-state index in [0.29, 0.717) is 0 Å². The molecule has 5 atom stereocenters. The number of hydrogen-bond donors (Lipinski definition) is 0. The van der Waals surface area contributed by atoms with Crippen molar-refractivity contribution in [3.8, 4) is 0 Å². The molecule has 0 aromatic heterocycles. The van der Waals surface area contributed by atoms with Crippen molar-refractivity contribution in [3.63, 3.8) is 0 Å². The highest BCUT2D eigenvalue weighted by molar-refractivity contribution is 5.02. The van der Waals surface area contributed by atoms with Crippen molar-refractivity contribution in [1.82, 2.24) is 0 Å². The van der Waals surface area contributed by atoms with Gasteiger partial charge in [-0.1, -0.05) is 13.3 Å². The van der Waals surface area contributed by atoms with Crippen molar-refractivity contribution >= 4 is 0 Å². The first kappa shape index (κ1) is 6.51. The molecule has 11 heavy (non-hydrogen) atoms. The summed E-state index contributed by atoms with van der Waals surface area (Å²) in [6.45, 7) is 2.52. The summed E-state index contributed by atoms with van der Waals surface area (Å²) in [6, 6.07) is 0. The quantitative estimate of drug-likeness (QED) is 0.498. The minimum Gasteiger partial charge on any atom is -0.0620 e. The first-order chi connectivity index (χ1) is 5.38. The van der Waals surface area contributed by atoms with Crippen LogP contribution >= 0.6 is 0 Å². The summed E-state index contributed by atoms with van der Waals surface area (Å²) < 4.78 is 0. The minimum absolute atomic E-state index is 1.10. The molecule has 0 spiro atoms. The lowest BCUT2D eigenvalue weighted by molar-refractivity contribution is 0.144. The second-order valence-electron chi connectivity index (χ2n) is 5.02. The highest BCUT2D eigenvalue weighted by Gasteiger charge is 2.53. The van der Waals surface area contributed by atoms with Crippen LogP contribution in [0.15, 0.2) is 0 Å². The van der Waals surface area contributed by atoms with E-state index < -0.39 is 0 Å². The van der Waals surface area contributed by atoms with E-state index in [0.717, 1.165) is 11.8 Å². The molecule has 0 nitrogen and oxygen atoms in total. The Hall–Kier alpha value is 0. The van der Waals surface area contributed by atoms with Gasteiger partial charge in [0.05, 0.1) is 0 Å². The van der Waals surface area contributed by atoms with Crippen LogP contribution in [0.4, 0.5) is 0 Å². The highest BCUT2D eigenvalue weighted by Crippen LogP contribution is 2.61. The summed E-state index contributed by atoms with van der Waals surface area (Å²) in [5.74, 6) is 5.81. The molecule has 0 radical (unpaired) electrons. The van der Waals surface area contributed by atoms with Crippen LogP contribution in [-0.4, -0.2) is 0 Å². The maximum Gasteiger partial charge on any atom is -0.0352 e. The Kier molecular flexibility index (Phi) is 1.20. The molecule has 0 heterocycles. The molecule has 5 unspecified atom stereocenters. The first-order valence-electron chi connectivity index (χ1n) is 5.38. The molecule has 0 aromatic rings. The van der Waals surface area contributed by atoms with E-state index in [-0.39, 0.29) is 0 Å². The van der Waals surface area contributed by atoms with E-state index in [1.54, 1.807) is 32.1 Å². The molecule has 0 N–H and O–H groups in total. The fraction of sp³-hybridized carbons (Fsp3) is 1.00. The van der Waals surface area contributed by atoms with Gasteiger partial charge in [-0.3, -0.25) is 0 Å². The monoisotopic (exact) mass is 150 g/mol. The summed E-state index contributed by atoms with van der Waals surface area (Å²) in [5.41, 5.74) is 0. The molecule has 0 aromatic carbocycles. The average molecular weight is 150 g/mol. The summed E-state index contributed by atoms with van der Waals surface area (Å²) in [7, 11) is 0. The maximum atomic E-state index is 2.52. The zero-order valence-electron chi connectivity index (χ0n) is 7.42. The van der Waals surface area contributed by atoms with Crippen LogP contribution in [0.1, 0.15) is 39.0 Å². The van der Waals surface area contributed by atoms with Crippen molar-refractivity contribution in [3.05, 3.63) is 0 Å². The maximum absolute atomic E-state index is 2.52. The molecule has 3 aliphatic rings. The van der Waals surface area contributed by atoms with Crippen LogP contribution in [0.3, 0.4) is 0 Å². The van der Waals surface area contributed by atoms with Gasteiger partial charge in [-0.15, -0.1) is 0 Å². The molecule has 0 saturated heterocycles. The van der Waals surface area contributed by atoms with E-state index in [2.05, 4.69) is 6.92 Å². The fourth-order valence-electron chi connectivity index (χ4n) is 4.26. The SMILES string of the molecule is CC1C2CCCC2C2CCC12. The lowest BCUT2D eigenvalue weighted by atomic mass is 9.70. The van der Waals surface area contributed by atoms with Crippen LogP contribution < -0.4 is 0 Å². The van der Waals surface area contributed by atoms with Crippen molar-refractivity contribution in [2.45, 2.75) is 39.0 Å². The van der Waals surface area contributed by atoms with Gasteiger partial charge in [-0.05, 0) is 55.3 Å². The Bertz CT molecular complexity index is 161. The molecule has 0 heteroatoms. The third-order valence-electron chi connectivity index (χ3n) is 4.91. The molecular formula is C11H18. The van der Waals surface area contributed by atoms with E-state index in [4.69, 9.17) is 0 Å². The Morgan fingerprint density at radius 1 is 0.727 bits per heavy atom. The largest absolute Gasteiger partial charge is 0.0620 e. The van der Waals surface area contributed by atoms with Gasteiger partial charge in [0.15, 0.2) is 0 Å². The molecule has 3 saturated carbocycles. The molecule has 62 valence electrons.